The minimum atomic E-state index is -0.140. The number of amidine groups is 1. The molecule has 0 amide bonds. The average molecular weight is 155 g/mol. The number of nitrogen functional groups attached to an aromatic ring is 1. The van der Waals surface area contributed by atoms with Crippen molar-refractivity contribution in [3.05, 3.63) is 11.3 Å². The van der Waals surface area contributed by atoms with E-state index < -0.39 is 0 Å². The Hall–Kier alpha value is -1.52. The van der Waals surface area contributed by atoms with E-state index >= 15 is 0 Å². The molecule has 0 aromatic carbocycles. The van der Waals surface area contributed by atoms with Gasteiger partial charge < -0.3 is 15.0 Å². The highest BCUT2D eigenvalue weighted by Crippen LogP contribution is 2.18. The van der Waals surface area contributed by atoms with Gasteiger partial charge in [-0.15, -0.1) is 0 Å². The van der Waals surface area contributed by atoms with Crippen molar-refractivity contribution >= 4 is 5.84 Å². The third kappa shape index (κ3) is 1.17. The molecule has 0 aliphatic heterocycles. The maximum absolute atomic E-state index is 7.05. The highest BCUT2D eigenvalue weighted by Gasteiger charge is 2.13. The van der Waals surface area contributed by atoms with Gasteiger partial charge in [-0.2, -0.15) is 0 Å². The lowest BCUT2D eigenvalue weighted by atomic mass is 10.3. The monoisotopic (exact) mass is 155 g/mol. The first-order valence-corrected chi connectivity index (χ1v) is 3.01. The highest BCUT2D eigenvalue weighted by atomic mass is 16.5. The predicted molar refractivity (Wildman–Crippen MR) is 38.8 cm³/mol. The fourth-order valence-electron chi connectivity index (χ4n) is 0.763. The van der Waals surface area contributed by atoms with Crippen LogP contribution in [0, 0.1) is 12.3 Å². The Morgan fingerprint density at radius 3 is 2.64 bits per heavy atom. The SMILES string of the molecule is COc1noc(C(=N)N)c1C. The van der Waals surface area contributed by atoms with Crippen molar-refractivity contribution in [2.75, 3.05) is 7.11 Å². The molecule has 0 bridgehead atoms. The second kappa shape index (κ2) is 2.61. The van der Waals surface area contributed by atoms with Gasteiger partial charge in [-0.1, -0.05) is 0 Å². The van der Waals surface area contributed by atoms with E-state index in [-0.39, 0.29) is 11.6 Å². The maximum atomic E-state index is 7.05. The molecule has 3 N–H and O–H groups in total. The number of methoxy groups -OCH3 is 1. The van der Waals surface area contributed by atoms with Crippen molar-refractivity contribution < 1.29 is 9.26 Å². The zero-order valence-electron chi connectivity index (χ0n) is 6.34. The summed E-state index contributed by atoms with van der Waals surface area (Å²) in [5.74, 6) is 0.496. The molecule has 0 radical (unpaired) electrons. The number of ether oxygens (including phenoxy) is 1. The lowest BCUT2D eigenvalue weighted by Gasteiger charge is -1.92. The van der Waals surface area contributed by atoms with Gasteiger partial charge >= 0.3 is 0 Å². The summed E-state index contributed by atoms with van der Waals surface area (Å²) in [6.07, 6.45) is 0. The molecule has 0 unspecified atom stereocenters. The zero-order valence-corrected chi connectivity index (χ0v) is 6.34. The number of nitrogens with zero attached hydrogens (tertiary/aromatic N) is 1. The standard InChI is InChI=1S/C6H9N3O2/c1-3-4(5(7)8)11-9-6(3)10-2/h1-2H3,(H3,7,8). The molecule has 0 aliphatic rings. The first-order chi connectivity index (χ1) is 5.16. The normalized spacial score (nSPS) is 9.64. The minimum Gasteiger partial charge on any atom is -0.479 e. The number of nitrogens with one attached hydrogen (secondary N) is 1. The van der Waals surface area contributed by atoms with E-state index in [1.54, 1.807) is 6.92 Å². The smallest absolute Gasteiger partial charge is 0.257 e. The Morgan fingerprint density at radius 2 is 2.36 bits per heavy atom. The number of hydrogen-bond donors (Lipinski definition) is 2. The Kier molecular flexibility index (Phi) is 1.80. The van der Waals surface area contributed by atoms with Crippen LogP contribution in [0.4, 0.5) is 0 Å². The predicted octanol–water partition coefficient (Wildman–Crippen LogP) is 0.276. The van der Waals surface area contributed by atoms with E-state index in [0.717, 1.165) is 0 Å². The van der Waals surface area contributed by atoms with Gasteiger partial charge in [0, 0.05) is 0 Å². The van der Waals surface area contributed by atoms with Crippen LogP contribution in [-0.2, 0) is 0 Å². The molecule has 0 fully saturated rings. The first-order valence-electron chi connectivity index (χ1n) is 3.01. The molecule has 0 aliphatic carbocycles. The molecular formula is C6H9N3O2. The lowest BCUT2D eigenvalue weighted by molar-refractivity contribution is 0.336. The molecule has 5 heteroatoms. The van der Waals surface area contributed by atoms with E-state index in [9.17, 15) is 0 Å². The topological polar surface area (TPSA) is 85.1 Å². The molecule has 60 valence electrons. The molecule has 1 aromatic rings. The van der Waals surface area contributed by atoms with Crippen LogP contribution >= 0.6 is 0 Å². The van der Waals surface area contributed by atoms with Gasteiger partial charge in [-0.3, -0.25) is 5.41 Å². The molecule has 0 spiro atoms. The molecule has 0 saturated heterocycles. The molecular weight excluding hydrogens is 146 g/mol. The van der Waals surface area contributed by atoms with Gasteiger partial charge in [-0.05, 0) is 12.1 Å². The minimum absolute atomic E-state index is 0.140. The molecule has 11 heavy (non-hydrogen) atoms. The first kappa shape index (κ1) is 7.59. The quantitative estimate of drug-likeness (QED) is 0.474. The van der Waals surface area contributed by atoms with Crippen LogP contribution in [0.25, 0.3) is 0 Å². The summed E-state index contributed by atoms with van der Waals surface area (Å²) in [6.45, 7) is 1.73. The summed E-state index contributed by atoms with van der Waals surface area (Å²) in [6, 6.07) is 0. The van der Waals surface area contributed by atoms with E-state index in [0.29, 0.717) is 11.4 Å². The Morgan fingerprint density at radius 1 is 1.73 bits per heavy atom. The van der Waals surface area contributed by atoms with Crippen LogP contribution in [0.2, 0.25) is 0 Å². The van der Waals surface area contributed by atoms with Gasteiger partial charge in [0.25, 0.3) is 5.88 Å². The van der Waals surface area contributed by atoms with Gasteiger partial charge in [0.2, 0.25) is 5.76 Å². The highest BCUT2D eigenvalue weighted by molar-refractivity contribution is 5.93. The van der Waals surface area contributed by atoms with Crippen LogP contribution in [0.1, 0.15) is 11.3 Å². The summed E-state index contributed by atoms with van der Waals surface area (Å²) in [5.41, 5.74) is 5.83. The summed E-state index contributed by atoms with van der Waals surface area (Å²) in [5, 5.41) is 10.6. The van der Waals surface area contributed by atoms with Crippen LogP contribution in [0.3, 0.4) is 0 Å². The fourth-order valence-corrected chi connectivity index (χ4v) is 0.763. The van der Waals surface area contributed by atoms with E-state index in [4.69, 9.17) is 20.4 Å². The third-order valence-electron chi connectivity index (χ3n) is 1.32. The van der Waals surface area contributed by atoms with Crippen molar-refractivity contribution in [3.63, 3.8) is 0 Å². The fraction of sp³-hybridized carbons (Fsp3) is 0.333. The van der Waals surface area contributed by atoms with E-state index in [1.165, 1.54) is 7.11 Å². The van der Waals surface area contributed by atoms with Gasteiger partial charge in [0.1, 0.15) is 0 Å². The summed E-state index contributed by atoms with van der Waals surface area (Å²) in [7, 11) is 1.48. The average Bonchev–Trinajstić information content (AvgIpc) is 2.30. The Balaban J connectivity index is 3.10. The molecule has 1 aromatic heterocycles. The van der Waals surface area contributed by atoms with Crippen LogP contribution in [-0.4, -0.2) is 18.1 Å². The van der Waals surface area contributed by atoms with Crippen molar-refractivity contribution in [1.29, 1.82) is 5.41 Å². The number of hydrogen-bond acceptors (Lipinski definition) is 4. The van der Waals surface area contributed by atoms with Crippen LogP contribution in [0.5, 0.6) is 5.88 Å². The molecule has 1 heterocycles. The maximum Gasteiger partial charge on any atom is 0.257 e. The zero-order chi connectivity index (χ0) is 8.43. The van der Waals surface area contributed by atoms with E-state index in [1.807, 2.05) is 0 Å². The number of aromatic nitrogens is 1. The molecule has 1 rings (SSSR count). The van der Waals surface area contributed by atoms with Gasteiger partial charge in [0.15, 0.2) is 5.84 Å². The van der Waals surface area contributed by atoms with Crippen molar-refractivity contribution in [1.82, 2.24) is 5.16 Å². The van der Waals surface area contributed by atoms with Gasteiger partial charge in [-0.25, -0.2) is 0 Å². The van der Waals surface area contributed by atoms with Crippen molar-refractivity contribution in [2.24, 2.45) is 5.73 Å². The summed E-state index contributed by atoms with van der Waals surface area (Å²) in [4.78, 5) is 0. The molecule has 0 atom stereocenters. The Bertz CT molecular complexity index is 279. The lowest BCUT2D eigenvalue weighted by Crippen LogP contribution is -2.11. The molecule has 5 nitrogen and oxygen atoms in total. The van der Waals surface area contributed by atoms with Crippen molar-refractivity contribution in [2.45, 2.75) is 6.92 Å². The number of rotatable bonds is 2. The van der Waals surface area contributed by atoms with E-state index in [2.05, 4.69) is 5.16 Å². The summed E-state index contributed by atoms with van der Waals surface area (Å²) >= 11 is 0. The van der Waals surface area contributed by atoms with Gasteiger partial charge in [0.05, 0.1) is 12.7 Å². The second-order valence-electron chi connectivity index (χ2n) is 2.06. The Labute approximate surface area is 63.6 Å². The number of nitrogens with two attached hydrogens (primary N) is 1. The largest absolute Gasteiger partial charge is 0.479 e. The third-order valence-corrected chi connectivity index (χ3v) is 1.32. The molecule has 0 saturated carbocycles. The van der Waals surface area contributed by atoms with Crippen LogP contribution < -0.4 is 10.5 Å². The van der Waals surface area contributed by atoms with Crippen LogP contribution in [0.15, 0.2) is 4.52 Å². The second-order valence-corrected chi connectivity index (χ2v) is 2.06. The van der Waals surface area contributed by atoms with Crippen molar-refractivity contribution in [3.8, 4) is 5.88 Å². The summed E-state index contributed by atoms with van der Waals surface area (Å²) < 4.78 is 9.54.